The second kappa shape index (κ2) is 10.1. The van der Waals surface area contributed by atoms with E-state index in [0.29, 0.717) is 6.54 Å². The maximum Gasteiger partial charge on any atom is 0.191 e. The summed E-state index contributed by atoms with van der Waals surface area (Å²) >= 11 is 3.44. The van der Waals surface area contributed by atoms with Crippen molar-refractivity contribution < 1.29 is 0 Å². The van der Waals surface area contributed by atoms with Crippen molar-refractivity contribution in [2.24, 2.45) is 4.99 Å². The van der Waals surface area contributed by atoms with Crippen LogP contribution in [0.2, 0.25) is 0 Å². The maximum absolute atomic E-state index is 4.70. The van der Waals surface area contributed by atoms with Crippen LogP contribution in [0.25, 0.3) is 10.6 Å². The highest BCUT2D eigenvalue weighted by molar-refractivity contribution is 14.0. The number of halogens is 1. The number of thiazole rings is 2. The van der Waals surface area contributed by atoms with E-state index in [-0.39, 0.29) is 24.0 Å². The Balaban J connectivity index is 0.00000261. The SMILES string of the molecule is CN=C(NCc1sc(C)nc1C)NCc1sc(-c2ccccc2)nc1C.I. The van der Waals surface area contributed by atoms with Crippen LogP contribution in [0.1, 0.15) is 26.1 Å². The quantitative estimate of drug-likeness (QED) is 0.296. The number of hydrogen-bond donors (Lipinski definition) is 2. The Hall–Kier alpha value is -1.52. The third-order valence-corrected chi connectivity index (χ3v) is 6.25. The van der Waals surface area contributed by atoms with Crippen LogP contribution in [-0.2, 0) is 13.1 Å². The Morgan fingerprint density at radius 1 is 0.926 bits per heavy atom. The number of aromatic nitrogens is 2. The number of aryl methyl sites for hydroxylation is 3. The van der Waals surface area contributed by atoms with E-state index in [1.54, 1.807) is 29.7 Å². The topological polar surface area (TPSA) is 62.2 Å². The molecule has 144 valence electrons. The van der Waals surface area contributed by atoms with Crippen molar-refractivity contribution >= 4 is 52.6 Å². The van der Waals surface area contributed by atoms with Gasteiger partial charge >= 0.3 is 0 Å². The summed E-state index contributed by atoms with van der Waals surface area (Å²) in [5.74, 6) is 0.782. The van der Waals surface area contributed by atoms with E-state index in [9.17, 15) is 0 Å². The van der Waals surface area contributed by atoms with E-state index in [1.165, 1.54) is 9.75 Å². The summed E-state index contributed by atoms with van der Waals surface area (Å²) < 4.78 is 0. The Morgan fingerprint density at radius 3 is 2.07 bits per heavy atom. The van der Waals surface area contributed by atoms with Crippen molar-refractivity contribution in [2.75, 3.05) is 7.05 Å². The van der Waals surface area contributed by atoms with Crippen molar-refractivity contribution in [3.63, 3.8) is 0 Å². The third-order valence-electron chi connectivity index (χ3n) is 3.97. The Kier molecular flexibility index (Phi) is 8.18. The number of nitrogens with zero attached hydrogens (tertiary/aromatic N) is 3. The van der Waals surface area contributed by atoms with Gasteiger partial charge in [-0.1, -0.05) is 30.3 Å². The summed E-state index contributed by atoms with van der Waals surface area (Å²) in [5, 5.41) is 8.89. The number of benzene rings is 1. The predicted octanol–water partition coefficient (Wildman–Crippen LogP) is 4.68. The minimum atomic E-state index is 0. The average molecular weight is 513 g/mol. The lowest BCUT2D eigenvalue weighted by Gasteiger charge is -2.10. The lowest BCUT2D eigenvalue weighted by Crippen LogP contribution is -2.36. The largest absolute Gasteiger partial charge is 0.351 e. The van der Waals surface area contributed by atoms with E-state index in [4.69, 9.17) is 4.98 Å². The van der Waals surface area contributed by atoms with Crippen LogP contribution in [0.3, 0.4) is 0 Å². The summed E-state index contributed by atoms with van der Waals surface area (Å²) in [6.45, 7) is 7.57. The molecule has 0 saturated carbocycles. The van der Waals surface area contributed by atoms with E-state index >= 15 is 0 Å². The van der Waals surface area contributed by atoms with Gasteiger partial charge in [-0.3, -0.25) is 4.99 Å². The van der Waals surface area contributed by atoms with Crippen LogP contribution in [-0.4, -0.2) is 23.0 Å². The molecule has 0 fully saturated rings. The number of rotatable bonds is 5. The first-order chi connectivity index (χ1) is 12.6. The highest BCUT2D eigenvalue weighted by atomic mass is 127. The summed E-state index contributed by atoms with van der Waals surface area (Å²) in [4.78, 5) is 15.9. The molecular formula is C19H24IN5S2. The summed E-state index contributed by atoms with van der Waals surface area (Å²) in [6.07, 6.45) is 0. The lowest BCUT2D eigenvalue weighted by atomic mass is 10.2. The van der Waals surface area contributed by atoms with Crippen molar-refractivity contribution in [1.29, 1.82) is 0 Å². The fraction of sp³-hybridized carbons (Fsp3) is 0.316. The van der Waals surface area contributed by atoms with Gasteiger partial charge in [0.2, 0.25) is 0 Å². The van der Waals surface area contributed by atoms with Gasteiger partial charge in [0.25, 0.3) is 0 Å². The van der Waals surface area contributed by atoms with Gasteiger partial charge in [0.05, 0.1) is 29.5 Å². The highest BCUT2D eigenvalue weighted by Crippen LogP contribution is 2.27. The Morgan fingerprint density at radius 2 is 1.52 bits per heavy atom. The van der Waals surface area contributed by atoms with Crippen LogP contribution in [0.5, 0.6) is 0 Å². The molecule has 0 bridgehead atoms. The van der Waals surface area contributed by atoms with Crippen LogP contribution in [0, 0.1) is 20.8 Å². The molecule has 0 unspecified atom stereocenters. The summed E-state index contributed by atoms with van der Waals surface area (Å²) in [5.41, 5.74) is 3.30. The molecule has 0 aliphatic heterocycles. The van der Waals surface area contributed by atoms with E-state index < -0.39 is 0 Å². The van der Waals surface area contributed by atoms with Crippen LogP contribution in [0.4, 0.5) is 0 Å². The normalized spacial score (nSPS) is 11.2. The maximum atomic E-state index is 4.70. The molecule has 3 rings (SSSR count). The number of hydrogen-bond acceptors (Lipinski definition) is 5. The zero-order chi connectivity index (χ0) is 18.5. The molecule has 0 saturated heterocycles. The van der Waals surface area contributed by atoms with Crippen molar-refractivity contribution in [2.45, 2.75) is 33.9 Å². The van der Waals surface area contributed by atoms with Gasteiger partial charge in [0.15, 0.2) is 5.96 Å². The van der Waals surface area contributed by atoms with E-state index in [0.717, 1.165) is 39.5 Å². The summed E-state index contributed by atoms with van der Waals surface area (Å²) in [6, 6.07) is 10.3. The van der Waals surface area contributed by atoms with Gasteiger partial charge < -0.3 is 10.6 Å². The van der Waals surface area contributed by atoms with Gasteiger partial charge in [0.1, 0.15) is 5.01 Å². The fourth-order valence-electron chi connectivity index (χ4n) is 2.58. The van der Waals surface area contributed by atoms with Crippen LogP contribution < -0.4 is 10.6 Å². The Labute approximate surface area is 185 Å². The first-order valence-electron chi connectivity index (χ1n) is 8.46. The molecule has 2 N–H and O–H groups in total. The number of nitrogens with one attached hydrogen (secondary N) is 2. The molecule has 0 aliphatic rings. The molecule has 2 heterocycles. The molecule has 0 radical (unpaired) electrons. The highest BCUT2D eigenvalue weighted by Gasteiger charge is 2.10. The molecule has 1 aromatic carbocycles. The molecular weight excluding hydrogens is 489 g/mol. The van der Waals surface area contributed by atoms with Gasteiger partial charge in [-0.05, 0) is 20.8 Å². The van der Waals surface area contributed by atoms with Crippen LogP contribution >= 0.6 is 46.7 Å². The molecule has 0 aliphatic carbocycles. The molecule has 3 aromatic rings. The van der Waals surface area contributed by atoms with Crippen molar-refractivity contribution in [3.05, 3.63) is 56.5 Å². The van der Waals surface area contributed by atoms with Crippen molar-refractivity contribution in [1.82, 2.24) is 20.6 Å². The molecule has 0 amide bonds. The lowest BCUT2D eigenvalue weighted by molar-refractivity contribution is 0.814. The van der Waals surface area contributed by atoms with Crippen molar-refractivity contribution in [3.8, 4) is 10.6 Å². The summed E-state index contributed by atoms with van der Waals surface area (Å²) in [7, 11) is 1.79. The van der Waals surface area contributed by atoms with Crippen LogP contribution in [0.15, 0.2) is 35.3 Å². The standard InChI is InChI=1S/C19H23N5S2.HI/c1-12-16(25-14(3)23-12)10-21-19(20-4)22-11-17-13(2)24-18(26-17)15-8-6-5-7-9-15;/h5-9H,10-11H2,1-4H3,(H2,20,21,22);1H. The smallest absolute Gasteiger partial charge is 0.191 e. The monoisotopic (exact) mass is 513 g/mol. The Bertz CT molecular complexity index is 902. The first kappa shape index (κ1) is 21.8. The van der Waals surface area contributed by atoms with Gasteiger partial charge in [-0.2, -0.15) is 0 Å². The average Bonchev–Trinajstić information content (AvgIpc) is 3.17. The number of aliphatic imine (C=N–C) groups is 1. The van der Waals surface area contributed by atoms with Gasteiger partial charge in [-0.25, -0.2) is 9.97 Å². The molecule has 0 atom stereocenters. The minimum Gasteiger partial charge on any atom is -0.351 e. The first-order valence-corrected chi connectivity index (χ1v) is 10.1. The van der Waals surface area contributed by atoms with Gasteiger partial charge in [0, 0.05) is 22.4 Å². The molecule has 27 heavy (non-hydrogen) atoms. The minimum absolute atomic E-state index is 0. The predicted molar refractivity (Wildman–Crippen MR) is 126 cm³/mol. The third kappa shape index (κ3) is 5.73. The second-order valence-corrected chi connectivity index (χ2v) is 8.29. The zero-order valence-corrected chi connectivity index (χ0v) is 19.8. The molecule has 8 heteroatoms. The fourth-order valence-corrected chi connectivity index (χ4v) is 4.47. The number of guanidine groups is 1. The van der Waals surface area contributed by atoms with E-state index in [2.05, 4.69) is 39.7 Å². The molecule has 0 spiro atoms. The zero-order valence-electron chi connectivity index (χ0n) is 15.9. The second-order valence-electron chi connectivity index (χ2n) is 5.91. The molecule has 2 aromatic heterocycles. The van der Waals surface area contributed by atoms with Gasteiger partial charge in [-0.15, -0.1) is 46.7 Å². The molecule has 5 nitrogen and oxygen atoms in total. The van der Waals surface area contributed by atoms with E-state index in [1.807, 2.05) is 32.0 Å².